The first-order valence-electron chi connectivity index (χ1n) is 12.1. The van der Waals surface area contributed by atoms with Crippen molar-refractivity contribution in [2.24, 2.45) is 0 Å². The van der Waals surface area contributed by atoms with Gasteiger partial charge in [-0.05, 0) is 43.2 Å². The Morgan fingerprint density at radius 1 is 0.762 bits per heavy atom. The summed E-state index contributed by atoms with van der Waals surface area (Å²) in [6.45, 7) is 7.23. The fourth-order valence-corrected chi connectivity index (χ4v) is 9.11. The summed E-state index contributed by atoms with van der Waals surface area (Å²) in [5.74, 6) is 0. The predicted octanol–water partition coefficient (Wildman–Crippen LogP) is -0.493. The molecule has 0 saturated carbocycles. The van der Waals surface area contributed by atoms with E-state index in [4.69, 9.17) is 36.5 Å². The number of hydrogen-bond donors (Lipinski definition) is 6. The van der Waals surface area contributed by atoms with Crippen LogP contribution in [0.3, 0.4) is 0 Å². The molecule has 240 valence electrons. The van der Waals surface area contributed by atoms with Crippen LogP contribution in [-0.2, 0) is 46.4 Å². The number of rotatable bonds is 11. The Balaban J connectivity index is 0.000000494. The molecule has 0 aliphatic rings. The van der Waals surface area contributed by atoms with Crippen LogP contribution >= 0.6 is 19.1 Å². The number of benzene rings is 2. The Morgan fingerprint density at radius 3 is 1.50 bits per heavy atom. The fourth-order valence-electron chi connectivity index (χ4n) is 3.38. The topological polar surface area (TPSA) is 167 Å². The summed E-state index contributed by atoms with van der Waals surface area (Å²) < 4.78 is 24.7. The second kappa shape index (κ2) is 17.7. The molecule has 0 atom stereocenters. The van der Waals surface area contributed by atoms with Crippen LogP contribution in [0.4, 0.5) is 0 Å². The van der Waals surface area contributed by atoms with Crippen LogP contribution in [0.1, 0.15) is 11.1 Å². The van der Waals surface area contributed by atoms with Crippen LogP contribution < -0.4 is 14.9 Å². The van der Waals surface area contributed by atoms with Crippen molar-refractivity contribution in [1.29, 1.82) is 0 Å². The molecule has 0 radical (unpaired) electrons. The van der Waals surface area contributed by atoms with E-state index in [1.165, 1.54) is 24.3 Å². The van der Waals surface area contributed by atoms with Crippen molar-refractivity contribution in [2.75, 3.05) is 21.3 Å². The zero-order chi connectivity index (χ0) is 32.2. The van der Waals surface area contributed by atoms with Crippen molar-refractivity contribution in [3.63, 3.8) is 0 Å². The van der Waals surface area contributed by atoms with E-state index in [1.54, 1.807) is 45.6 Å². The molecule has 2 aromatic carbocycles. The summed E-state index contributed by atoms with van der Waals surface area (Å²) >= 11 is -0.106. The maximum atomic E-state index is 9.27. The van der Waals surface area contributed by atoms with E-state index in [-0.39, 0.29) is 26.3 Å². The first-order chi connectivity index (χ1) is 19.4. The third kappa shape index (κ3) is 14.4. The molecular weight excluding hydrogens is 754 g/mol. The van der Waals surface area contributed by atoms with Gasteiger partial charge in [-0.1, -0.05) is 48.5 Å². The van der Waals surface area contributed by atoms with Gasteiger partial charge in [0.15, 0.2) is 8.32 Å². The number of aromatic nitrogens is 2. The molecule has 1 aromatic heterocycles. The Hall–Kier alpha value is -0.640. The Bertz CT molecular complexity index is 1110. The average molecular weight is 792 g/mol. The Kier molecular flexibility index (Phi) is 16.6. The molecule has 0 amide bonds. The molecule has 12 nitrogen and oxygen atoms in total. The molecule has 3 rings (SSSR count). The van der Waals surface area contributed by atoms with Gasteiger partial charge in [0, 0.05) is 31.7 Å². The second-order valence-electron chi connectivity index (χ2n) is 9.69. The second-order valence-corrected chi connectivity index (χ2v) is 23.0. The van der Waals surface area contributed by atoms with Crippen molar-refractivity contribution < 1.29 is 66.7 Å². The first-order valence-corrected chi connectivity index (χ1v) is 24.8. The van der Waals surface area contributed by atoms with Gasteiger partial charge in [0.25, 0.3) is 0 Å². The quantitative estimate of drug-likeness (QED) is 0.0848. The van der Waals surface area contributed by atoms with Gasteiger partial charge >= 0.3 is 61.7 Å². The van der Waals surface area contributed by atoms with E-state index in [9.17, 15) is 28.8 Å². The maximum absolute atomic E-state index is 9.27. The van der Waals surface area contributed by atoms with Crippen molar-refractivity contribution in [3.05, 3.63) is 78.4 Å². The van der Waals surface area contributed by atoms with Gasteiger partial charge in [0.05, 0.1) is 13.1 Å². The first kappa shape index (κ1) is 39.4. The van der Waals surface area contributed by atoms with E-state index in [2.05, 4.69) is 26.0 Å². The molecule has 19 heteroatoms. The minimum absolute atomic E-state index is 0.106. The zero-order valence-corrected chi connectivity index (χ0v) is 31.0. The average Bonchev–Trinajstić information content (AvgIpc) is 3.33. The SMILES string of the molecule is CO[Si](OC)(OC)O[Si](C)(C)C.O[Si](O)(O)c1ccc(Cn2[c-][n+](Cc3ccc([Si](O)(O)O)cc3)cc2)cc1.[Cl][Pd][Cl]. The van der Waals surface area contributed by atoms with Crippen molar-refractivity contribution in [1.82, 2.24) is 4.57 Å². The van der Waals surface area contributed by atoms with Crippen molar-refractivity contribution >= 4 is 64.4 Å². The summed E-state index contributed by atoms with van der Waals surface area (Å²) in [4.78, 5) is 55.6. The summed E-state index contributed by atoms with van der Waals surface area (Å²) in [6.07, 6.45) is 6.85. The van der Waals surface area contributed by atoms with Gasteiger partial charge in [-0.3, -0.25) is 0 Å². The summed E-state index contributed by atoms with van der Waals surface area (Å²) in [7, 11) is 1.26. The van der Waals surface area contributed by atoms with Crippen LogP contribution in [-0.4, -0.2) is 89.6 Å². The number of nitrogens with zero attached hydrogens (tertiary/aromatic N) is 2. The van der Waals surface area contributed by atoms with Gasteiger partial charge in [0.2, 0.25) is 6.33 Å². The van der Waals surface area contributed by atoms with Crippen LogP contribution in [0.15, 0.2) is 60.9 Å². The molecule has 0 bridgehead atoms. The summed E-state index contributed by atoms with van der Waals surface area (Å²) in [6, 6.07) is 12.8. The van der Waals surface area contributed by atoms with Gasteiger partial charge < -0.3 is 55.3 Å². The fraction of sp³-hybridized carbons (Fsp3) is 0.348. The molecule has 0 fully saturated rings. The molecule has 0 aliphatic carbocycles. The van der Waals surface area contributed by atoms with E-state index in [1.807, 2.05) is 21.5 Å². The van der Waals surface area contributed by atoms with Crippen LogP contribution in [0, 0.1) is 6.33 Å². The third-order valence-electron chi connectivity index (χ3n) is 5.25. The number of halogens is 2. The number of hydrogen-bond acceptors (Lipinski definition) is 10. The molecular formula is C23H38Cl2N2O10PdSi4. The molecule has 1 heterocycles. The minimum atomic E-state index is -4.27. The molecule has 0 spiro atoms. The van der Waals surface area contributed by atoms with Crippen LogP contribution in [0.25, 0.3) is 0 Å². The normalized spacial score (nSPS) is 12.3. The summed E-state index contributed by atoms with van der Waals surface area (Å²) in [5.41, 5.74) is 1.82. The molecule has 0 unspecified atom stereocenters. The van der Waals surface area contributed by atoms with Crippen molar-refractivity contribution in [3.8, 4) is 0 Å². The van der Waals surface area contributed by atoms with Gasteiger partial charge in [-0.15, -0.1) is 0 Å². The number of imidazole rings is 1. The van der Waals surface area contributed by atoms with Gasteiger partial charge in [0.1, 0.15) is 0 Å². The Labute approximate surface area is 266 Å². The molecule has 3 aromatic rings. The zero-order valence-electron chi connectivity index (χ0n) is 24.0. The molecule has 0 saturated heterocycles. The van der Waals surface area contributed by atoms with E-state index >= 15 is 0 Å². The standard InChI is InChI=1S/C17H20N2O6Si2.C6H18O4Si2.2ClH.Pd/c20-26(21,22)16-5-1-14(2-6-16)11-18-9-10-19(13-18)12-15-3-7-17(8-4-15)27(23,24)25;1-7-12(8-2,9-3)10-11(4,5)6;;;/h1-10,20-25H,11-12H2;1-6H3;2*1H;/q;;;;+2/p-2. The van der Waals surface area contributed by atoms with E-state index in [0.717, 1.165) is 11.1 Å². The predicted molar refractivity (Wildman–Crippen MR) is 162 cm³/mol. The van der Waals surface area contributed by atoms with Crippen LogP contribution in [0.2, 0.25) is 19.6 Å². The third-order valence-corrected chi connectivity index (χ3v) is 12.4. The van der Waals surface area contributed by atoms with Gasteiger partial charge in [-0.25, -0.2) is 0 Å². The van der Waals surface area contributed by atoms with E-state index in [0.29, 0.717) is 13.1 Å². The van der Waals surface area contributed by atoms with Crippen molar-refractivity contribution in [2.45, 2.75) is 32.7 Å². The monoisotopic (exact) mass is 790 g/mol. The van der Waals surface area contributed by atoms with E-state index < -0.39 is 35.0 Å². The Morgan fingerprint density at radius 2 is 1.17 bits per heavy atom. The van der Waals surface area contributed by atoms with Gasteiger partial charge in [-0.2, -0.15) is 0 Å². The van der Waals surface area contributed by atoms with Crippen LogP contribution in [0.5, 0.6) is 0 Å². The molecule has 0 aliphatic heterocycles. The molecule has 6 N–H and O–H groups in total. The molecule has 42 heavy (non-hydrogen) atoms. The summed E-state index contributed by atoms with van der Waals surface area (Å²) in [5, 5.41) is 0.254.